The van der Waals surface area contributed by atoms with E-state index in [1.807, 2.05) is 0 Å². The van der Waals surface area contributed by atoms with Crippen LogP contribution in [-0.4, -0.2) is 13.1 Å². The maximum absolute atomic E-state index is 5.09. The van der Waals surface area contributed by atoms with E-state index in [-0.39, 0.29) is 0 Å². The largest absolute Gasteiger partial charge is 0.309 e. The van der Waals surface area contributed by atoms with Gasteiger partial charge in [0.05, 0.1) is 11.2 Å². The lowest BCUT2D eigenvalue weighted by atomic mass is 9.87. The molecule has 0 saturated carbocycles. The number of pyridine rings is 1. The molecule has 1 aromatic heterocycles. The number of benzene rings is 7. The van der Waals surface area contributed by atoms with E-state index < -0.39 is 8.07 Å². The average molecular weight is 579 g/mol. The Morgan fingerprint density at radius 2 is 1.07 bits per heavy atom. The van der Waals surface area contributed by atoms with E-state index in [2.05, 4.69) is 164 Å². The predicted molar refractivity (Wildman–Crippen MR) is 191 cm³/mol. The standard InChI is InChI=1S/C41H30N2Si/c1-44(2)37-24-11-9-22-35(37)43(36-23-10-12-25-38(36)44)41-31-18-6-5-17-30(31)39(29-20-13-15-27-14-3-4-16-28(27)29)40-32-19-7-8-21-34(32)42-26-33(40)41/h3-26H,1-2H3. The first-order valence-electron chi connectivity index (χ1n) is 15.3. The summed E-state index contributed by atoms with van der Waals surface area (Å²) in [7, 11) is -1.94. The molecule has 0 aliphatic carbocycles. The fourth-order valence-electron chi connectivity index (χ4n) is 7.65. The van der Waals surface area contributed by atoms with Crippen LogP contribution in [0.25, 0.3) is 54.3 Å². The monoisotopic (exact) mass is 578 g/mol. The van der Waals surface area contributed by atoms with E-state index in [9.17, 15) is 0 Å². The second-order valence-corrected chi connectivity index (χ2v) is 16.7. The summed E-state index contributed by atoms with van der Waals surface area (Å²) in [6, 6.07) is 51.1. The molecule has 8 aromatic rings. The number of rotatable bonds is 2. The van der Waals surface area contributed by atoms with Crippen molar-refractivity contribution in [1.29, 1.82) is 0 Å². The summed E-state index contributed by atoms with van der Waals surface area (Å²) in [5.41, 5.74) is 7.28. The molecular formula is C41H30N2Si. The van der Waals surface area contributed by atoms with Crippen molar-refractivity contribution >= 4 is 78.7 Å². The molecule has 3 heteroatoms. The predicted octanol–water partition coefficient (Wildman–Crippen LogP) is 9.97. The van der Waals surface area contributed by atoms with Gasteiger partial charge in [-0.05, 0) is 55.9 Å². The van der Waals surface area contributed by atoms with Crippen molar-refractivity contribution in [2.75, 3.05) is 4.90 Å². The first kappa shape index (κ1) is 25.3. The molecule has 0 N–H and O–H groups in total. The lowest BCUT2D eigenvalue weighted by molar-refractivity contribution is 1.31. The van der Waals surface area contributed by atoms with E-state index >= 15 is 0 Å². The minimum absolute atomic E-state index is 1.01. The van der Waals surface area contributed by atoms with Crippen LogP contribution >= 0.6 is 0 Å². The third-order valence-electron chi connectivity index (χ3n) is 9.65. The van der Waals surface area contributed by atoms with Crippen LogP contribution in [0.5, 0.6) is 0 Å². The molecule has 7 aromatic carbocycles. The number of hydrogen-bond acceptors (Lipinski definition) is 2. The van der Waals surface area contributed by atoms with E-state index in [0.717, 1.165) is 10.9 Å². The van der Waals surface area contributed by atoms with E-state index in [1.54, 1.807) is 0 Å². The van der Waals surface area contributed by atoms with E-state index in [0.29, 0.717) is 0 Å². The molecular weight excluding hydrogens is 549 g/mol. The molecule has 0 radical (unpaired) electrons. The van der Waals surface area contributed by atoms with E-state index in [4.69, 9.17) is 4.98 Å². The van der Waals surface area contributed by atoms with Gasteiger partial charge in [-0.1, -0.05) is 134 Å². The topological polar surface area (TPSA) is 16.1 Å². The Morgan fingerprint density at radius 3 is 1.82 bits per heavy atom. The van der Waals surface area contributed by atoms with Crippen molar-refractivity contribution in [2.45, 2.75) is 13.1 Å². The number of hydrogen-bond donors (Lipinski definition) is 0. The quantitative estimate of drug-likeness (QED) is 0.115. The maximum Gasteiger partial charge on any atom is 0.117 e. The molecule has 0 amide bonds. The average Bonchev–Trinajstić information content (AvgIpc) is 3.08. The Morgan fingerprint density at radius 1 is 0.500 bits per heavy atom. The van der Waals surface area contributed by atoms with Crippen molar-refractivity contribution in [1.82, 2.24) is 4.98 Å². The summed E-state index contributed by atoms with van der Waals surface area (Å²) in [6.45, 7) is 4.97. The number of aromatic nitrogens is 1. The second kappa shape index (κ2) is 9.37. The third kappa shape index (κ3) is 3.45. The lowest BCUT2D eigenvalue weighted by Crippen LogP contribution is -2.58. The van der Waals surface area contributed by atoms with Crippen molar-refractivity contribution in [3.63, 3.8) is 0 Å². The number of fused-ring (bicyclic) bond motifs is 7. The van der Waals surface area contributed by atoms with Crippen LogP contribution in [0.2, 0.25) is 13.1 Å². The van der Waals surface area contributed by atoms with Gasteiger partial charge < -0.3 is 4.90 Å². The fraction of sp³-hybridized carbons (Fsp3) is 0.0488. The summed E-state index contributed by atoms with van der Waals surface area (Å²) in [4.78, 5) is 7.63. The van der Waals surface area contributed by atoms with E-state index in [1.165, 1.54) is 70.9 Å². The van der Waals surface area contributed by atoms with Crippen molar-refractivity contribution in [3.8, 4) is 11.1 Å². The molecule has 1 aliphatic heterocycles. The summed E-state index contributed by atoms with van der Waals surface area (Å²) in [5, 5.41) is 11.5. The van der Waals surface area contributed by atoms with Gasteiger partial charge in [0, 0.05) is 39.1 Å². The molecule has 0 unspecified atom stereocenters. The molecule has 1 aliphatic rings. The van der Waals surface area contributed by atoms with Crippen LogP contribution < -0.4 is 15.3 Å². The number of para-hydroxylation sites is 3. The molecule has 0 spiro atoms. The highest BCUT2D eigenvalue weighted by atomic mass is 28.3. The molecule has 0 bridgehead atoms. The molecule has 2 heterocycles. The molecule has 0 saturated heterocycles. The zero-order valence-corrected chi connectivity index (χ0v) is 25.8. The van der Waals surface area contributed by atoms with Crippen molar-refractivity contribution < 1.29 is 0 Å². The van der Waals surface area contributed by atoms with Crippen LogP contribution in [0.3, 0.4) is 0 Å². The SMILES string of the molecule is C[Si]1(C)c2ccccc2N(c2c3ccccc3c(-c3cccc4ccccc34)c3c2cnc2ccccc23)c2ccccc21. The zero-order chi connectivity index (χ0) is 29.4. The molecule has 44 heavy (non-hydrogen) atoms. The van der Waals surface area contributed by atoms with Crippen molar-refractivity contribution in [2.24, 2.45) is 0 Å². The van der Waals surface area contributed by atoms with Gasteiger partial charge in [0.1, 0.15) is 8.07 Å². The zero-order valence-electron chi connectivity index (χ0n) is 24.8. The van der Waals surface area contributed by atoms with Crippen LogP contribution in [0.15, 0.2) is 146 Å². The second-order valence-electron chi connectivity index (χ2n) is 12.4. The normalized spacial score (nSPS) is 13.8. The van der Waals surface area contributed by atoms with Gasteiger partial charge in [-0.25, -0.2) is 0 Å². The van der Waals surface area contributed by atoms with Gasteiger partial charge in [-0.15, -0.1) is 0 Å². The Balaban J connectivity index is 1.52. The third-order valence-corrected chi connectivity index (χ3v) is 13.2. The van der Waals surface area contributed by atoms with Gasteiger partial charge in [0.25, 0.3) is 0 Å². The smallest absolute Gasteiger partial charge is 0.117 e. The highest BCUT2D eigenvalue weighted by Crippen LogP contribution is 2.50. The van der Waals surface area contributed by atoms with Crippen LogP contribution in [-0.2, 0) is 0 Å². The molecule has 2 nitrogen and oxygen atoms in total. The van der Waals surface area contributed by atoms with Crippen LogP contribution in [0, 0.1) is 0 Å². The van der Waals surface area contributed by atoms with Gasteiger partial charge in [0.2, 0.25) is 0 Å². The Hall–Kier alpha value is -5.25. The fourth-order valence-corrected chi connectivity index (χ4v) is 10.6. The van der Waals surface area contributed by atoms with Gasteiger partial charge in [0.15, 0.2) is 0 Å². The Bertz CT molecular complexity index is 2390. The van der Waals surface area contributed by atoms with Gasteiger partial charge in [-0.3, -0.25) is 4.98 Å². The number of anilines is 3. The summed E-state index contributed by atoms with van der Waals surface area (Å²) in [5.74, 6) is 0. The molecule has 9 rings (SSSR count). The van der Waals surface area contributed by atoms with Crippen LogP contribution in [0.1, 0.15) is 0 Å². The van der Waals surface area contributed by atoms with Gasteiger partial charge in [-0.2, -0.15) is 0 Å². The Labute approximate surface area is 257 Å². The molecule has 208 valence electrons. The van der Waals surface area contributed by atoms with Gasteiger partial charge >= 0.3 is 0 Å². The lowest BCUT2D eigenvalue weighted by Gasteiger charge is -2.42. The first-order valence-corrected chi connectivity index (χ1v) is 18.3. The summed E-state index contributed by atoms with van der Waals surface area (Å²) >= 11 is 0. The highest BCUT2D eigenvalue weighted by Gasteiger charge is 2.39. The molecule has 0 atom stereocenters. The Kier molecular flexibility index (Phi) is 5.38. The summed E-state index contributed by atoms with van der Waals surface area (Å²) in [6.07, 6.45) is 2.12. The number of nitrogens with zero attached hydrogens (tertiary/aromatic N) is 2. The van der Waals surface area contributed by atoms with Crippen molar-refractivity contribution in [3.05, 3.63) is 146 Å². The highest BCUT2D eigenvalue weighted by molar-refractivity contribution is 7.02. The summed E-state index contributed by atoms with van der Waals surface area (Å²) < 4.78 is 0. The first-order chi connectivity index (χ1) is 21.6. The minimum Gasteiger partial charge on any atom is -0.309 e. The minimum atomic E-state index is -1.94. The molecule has 0 fully saturated rings. The van der Waals surface area contributed by atoms with Crippen LogP contribution in [0.4, 0.5) is 17.1 Å². The maximum atomic E-state index is 5.09.